The normalized spacial score (nSPS) is 13.7. The second-order valence-electron chi connectivity index (χ2n) is 2.72. The van der Waals surface area contributed by atoms with Crippen molar-refractivity contribution in [2.24, 2.45) is 0 Å². The molecule has 0 heterocycles. The van der Waals surface area contributed by atoms with Crippen LogP contribution >= 0.6 is 0 Å². The molecule has 0 radical (unpaired) electrons. The molecule has 92 valence electrons. The van der Waals surface area contributed by atoms with Gasteiger partial charge in [-0.15, -0.1) is 0 Å². The minimum Gasteiger partial charge on any atom is -0.466 e. The molecule has 1 unspecified atom stereocenters. The number of nitro groups is 1. The van der Waals surface area contributed by atoms with E-state index < -0.39 is 29.1 Å². The highest BCUT2D eigenvalue weighted by atomic mass is 19.1. The minimum atomic E-state index is -3.58. The van der Waals surface area contributed by atoms with Gasteiger partial charge in [-0.1, -0.05) is 0 Å². The van der Waals surface area contributed by atoms with Crippen LogP contribution in [0, 0.1) is 10.1 Å². The van der Waals surface area contributed by atoms with Crippen LogP contribution in [0.2, 0.25) is 0 Å². The summed E-state index contributed by atoms with van der Waals surface area (Å²) in [5, 5.41) is 10.4. The Balaban J connectivity index is 4.76. The van der Waals surface area contributed by atoms with E-state index >= 15 is 0 Å². The maximum absolute atomic E-state index is 13.6. The summed E-state index contributed by atoms with van der Waals surface area (Å²) in [6, 6.07) is 0. The Bertz CT molecular complexity index is 294. The predicted molar refractivity (Wildman–Crippen MR) is 48.7 cm³/mol. The largest absolute Gasteiger partial charge is 0.466 e. The van der Waals surface area contributed by atoms with Crippen molar-refractivity contribution < 1.29 is 28.4 Å². The molecule has 0 bridgehead atoms. The van der Waals surface area contributed by atoms with Gasteiger partial charge < -0.3 is 9.47 Å². The lowest BCUT2D eigenvalue weighted by atomic mass is 10.2. The third-order valence-corrected chi connectivity index (χ3v) is 1.56. The average molecular weight is 237 g/mol. The van der Waals surface area contributed by atoms with E-state index in [0.717, 1.165) is 0 Å². The van der Waals surface area contributed by atoms with Gasteiger partial charge in [0.05, 0.1) is 18.1 Å². The van der Waals surface area contributed by atoms with Gasteiger partial charge in [-0.05, 0) is 13.8 Å². The first-order chi connectivity index (χ1) is 7.38. The van der Waals surface area contributed by atoms with Gasteiger partial charge in [0.2, 0.25) is 0 Å². The maximum atomic E-state index is 13.6. The molecule has 0 spiro atoms. The van der Waals surface area contributed by atoms with Crippen molar-refractivity contribution in [3.05, 3.63) is 10.1 Å². The monoisotopic (exact) mass is 237 g/mol. The lowest BCUT2D eigenvalue weighted by Crippen LogP contribution is -2.45. The van der Waals surface area contributed by atoms with Crippen LogP contribution in [-0.2, 0) is 19.1 Å². The van der Waals surface area contributed by atoms with Crippen LogP contribution in [0.1, 0.15) is 20.3 Å². The van der Waals surface area contributed by atoms with Gasteiger partial charge in [0.25, 0.3) is 0 Å². The fourth-order valence-electron chi connectivity index (χ4n) is 0.856. The van der Waals surface area contributed by atoms with Gasteiger partial charge in [-0.2, -0.15) is 4.39 Å². The standard InChI is InChI=1S/C8H12FNO6/c1-3-15-6(11)5-8(9,10(13)14)7(12)16-4-2/h3-5H2,1-2H3. The molecule has 0 aromatic heterocycles. The molecule has 0 saturated carbocycles. The molecule has 0 fully saturated rings. The van der Waals surface area contributed by atoms with E-state index in [-0.39, 0.29) is 13.2 Å². The molecular weight excluding hydrogens is 225 g/mol. The Morgan fingerprint density at radius 1 is 1.31 bits per heavy atom. The van der Waals surface area contributed by atoms with Crippen LogP contribution in [0.4, 0.5) is 4.39 Å². The smallest absolute Gasteiger partial charge is 0.464 e. The molecule has 0 aliphatic heterocycles. The van der Waals surface area contributed by atoms with E-state index in [1.807, 2.05) is 0 Å². The predicted octanol–water partition coefficient (Wildman–Crippen LogP) is 0.445. The van der Waals surface area contributed by atoms with Crippen LogP contribution < -0.4 is 0 Å². The number of hydrogen-bond donors (Lipinski definition) is 0. The van der Waals surface area contributed by atoms with Gasteiger partial charge in [0.1, 0.15) is 0 Å². The maximum Gasteiger partial charge on any atom is 0.464 e. The molecule has 0 aromatic carbocycles. The van der Waals surface area contributed by atoms with Crippen molar-refractivity contribution in [1.29, 1.82) is 0 Å². The average Bonchev–Trinajstić information content (AvgIpc) is 2.17. The van der Waals surface area contributed by atoms with Crippen LogP contribution in [0.15, 0.2) is 0 Å². The number of alkyl halides is 1. The van der Waals surface area contributed by atoms with Crippen LogP contribution in [-0.4, -0.2) is 35.9 Å². The van der Waals surface area contributed by atoms with Gasteiger partial charge in [0, 0.05) is 0 Å². The highest BCUT2D eigenvalue weighted by molar-refractivity contribution is 5.84. The Labute approximate surface area is 90.7 Å². The first-order valence-electron chi connectivity index (χ1n) is 4.54. The third-order valence-electron chi connectivity index (χ3n) is 1.56. The lowest BCUT2D eigenvalue weighted by molar-refractivity contribution is -0.588. The molecule has 16 heavy (non-hydrogen) atoms. The van der Waals surface area contributed by atoms with Crippen LogP contribution in [0.25, 0.3) is 0 Å². The van der Waals surface area contributed by atoms with E-state index in [4.69, 9.17) is 0 Å². The first kappa shape index (κ1) is 14.3. The second-order valence-corrected chi connectivity index (χ2v) is 2.72. The minimum absolute atomic E-state index is 0.0601. The van der Waals surface area contributed by atoms with Gasteiger partial charge in [-0.3, -0.25) is 14.9 Å². The topological polar surface area (TPSA) is 95.7 Å². The number of ether oxygens (including phenoxy) is 2. The Morgan fingerprint density at radius 3 is 2.19 bits per heavy atom. The van der Waals surface area contributed by atoms with Crippen molar-refractivity contribution in [1.82, 2.24) is 0 Å². The number of rotatable bonds is 6. The summed E-state index contributed by atoms with van der Waals surface area (Å²) in [5.41, 5.74) is 0. The summed E-state index contributed by atoms with van der Waals surface area (Å²) >= 11 is 0. The summed E-state index contributed by atoms with van der Waals surface area (Å²) in [4.78, 5) is 30.8. The molecule has 0 saturated heterocycles. The highest BCUT2D eigenvalue weighted by Gasteiger charge is 2.56. The summed E-state index contributed by atoms with van der Waals surface area (Å²) < 4.78 is 22.1. The summed E-state index contributed by atoms with van der Waals surface area (Å²) in [5.74, 6) is -6.45. The quantitative estimate of drug-likeness (QED) is 0.288. The molecule has 1 atom stereocenters. The Hall–Kier alpha value is -1.73. The van der Waals surface area contributed by atoms with Crippen molar-refractivity contribution in [3.63, 3.8) is 0 Å². The molecule has 8 heteroatoms. The highest BCUT2D eigenvalue weighted by Crippen LogP contribution is 2.20. The van der Waals surface area contributed by atoms with Crippen molar-refractivity contribution >= 4 is 11.9 Å². The van der Waals surface area contributed by atoms with Gasteiger partial charge in [0.15, 0.2) is 6.42 Å². The van der Waals surface area contributed by atoms with E-state index in [2.05, 4.69) is 9.47 Å². The SMILES string of the molecule is CCOC(=O)CC(F)(C(=O)OCC)[N+](=O)[O-]. The number of halogens is 1. The zero-order valence-electron chi connectivity index (χ0n) is 8.90. The van der Waals surface area contributed by atoms with E-state index in [1.165, 1.54) is 13.8 Å². The fraction of sp³-hybridized carbons (Fsp3) is 0.750. The Kier molecular flexibility index (Phi) is 5.34. The van der Waals surface area contributed by atoms with Crippen molar-refractivity contribution in [3.8, 4) is 0 Å². The van der Waals surface area contributed by atoms with Crippen LogP contribution in [0.3, 0.4) is 0 Å². The molecule has 0 aromatic rings. The lowest BCUT2D eigenvalue weighted by Gasteiger charge is -2.13. The first-order valence-corrected chi connectivity index (χ1v) is 4.54. The third kappa shape index (κ3) is 3.44. The number of nitrogens with zero attached hydrogens (tertiary/aromatic N) is 1. The molecular formula is C8H12FNO6. The molecule has 7 nitrogen and oxygen atoms in total. The van der Waals surface area contributed by atoms with Crippen molar-refractivity contribution in [2.75, 3.05) is 13.2 Å². The Morgan fingerprint density at radius 2 is 1.81 bits per heavy atom. The van der Waals surface area contributed by atoms with Crippen LogP contribution in [0.5, 0.6) is 0 Å². The zero-order valence-corrected chi connectivity index (χ0v) is 8.90. The van der Waals surface area contributed by atoms with Gasteiger partial charge in [-0.25, -0.2) is 4.79 Å². The number of carbonyl (C=O) groups excluding carboxylic acids is 2. The molecule has 0 rings (SSSR count). The van der Waals surface area contributed by atoms with E-state index in [9.17, 15) is 24.1 Å². The number of hydrogen-bond acceptors (Lipinski definition) is 6. The van der Waals surface area contributed by atoms with Gasteiger partial charge >= 0.3 is 17.7 Å². The molecule has 0 aliphatic carbocycles. The number of esters is 2. The number of carbonyl (C=O) groups is 2. The summed E-state index contributed by atoms with van der Waals surface area (Å²) in [6.07, 6.45) is -1.30. The second kappa shape index (κ2) is 5.99. The fourth-order valence-corrected chi connectivity index (χ4v) is 0.856. The van der Waals surface area contributed by atoms with E-state index in [1.54, 1.807) is 0 Å². The molecule has 0 N–H and O–H groups in total. The zero-order chi connectivity index (χ0) is 12.8. The van der Waals surface area contributed by atoms with E-state index in [0.29, 0.717) is 0 Å². The van der Waals surface area contributed by atoms with Crippen molar-refractivity contribution in [2.45, 2.75) is 26.1 Å². The summed E-state index contributed by atoms with van der Waals surface area (Å²) in [7, 11) is 0. The molecule has 0 aliphatic rings. The summed E-state index contributed by atoms with van der Waals surface area (Å²) in [6.45, 7) is 2.54. The molecule has 0 amide bonds.